The third-order valence-corrected chi connectivity index (χ3v) is 15.2. The van der Waals surface area contributed by atoms with Gasteiger partial charge in [0.25, 0.3) is 0 Å². The second-order valence-corrected chi connectivity index (χ2v) is 18.9. The molecule has 1 aliphatic heterocycles. The number of ether oxygens (including phenoxy) is 1. The van der Waals surface area contributed by atoms with Gasteiger partial charge in [-0.05, 0) is 113 Å². The number of para-hydroxylation sites is 3. The van der Waals surface area contributed by atoms with Crippen LogP contribution in [0.25, 0.3) is 107 Å². The number of hydrogen-bond donors (Lipinski definition) is 0. The van der Waals surface area contributed by atoms with Crippen LogP contribution >= 0.6 is 11.3 Å². The molecule has 3 heteroatoms. The predicted octanol–water partition coefficient (Wildman–Crippen LogP) is 19.5. The zero-order chi connectivity index (χ0) is 45.4. The van der Waals surface area contributed by atoms with Crippen molar-refractivity contribution in [1.82, 2.24) is 0 Å². The molecule has 69 heavy (non-hydrogen) atoms. The minimum absolute atomic E-state index is 0.806. The first-order valence-electron chi connectivity index (χ1n) is 23.6. The molecule has 0 aliphatic carbocycles. The van der Waals surface area contributed by atoms with Gasteiger partial charge in [0.1, 0.15) is 5.75 Å². The van der Waals surface area contributed by atoms with E-state index in [9.17, 15) is 0 Å². The lowest BCUT2D eigenvalue weighted by molar-refractivity contribution is 0.489. The van der Waals surface area contributed by atoms with Crippen LogP contribution in [0.1, 0.15) is 0 Å². The summed E-state index contributed by atoms with van der Waals surface area (Å²) in [6.07, 6.45) is 0. The molecule has 0 saturated heterocycles. The number of nitrogens with zero attached hydrogens (tertiary/aromatic N) is 1. The standard InChI is InChI=1S/C66H41NOS/c1-2-19-42(20-3-1)44-21-12-15-33-59(44)67(60-34-18-32-56-51-28-9-8-26-49(51)53-29-13-16-35-61(53)68-66(56)60)43-37-38-52-48-25-7-5-23-46(48)45-22-4-6-24-47(45)50-27-10-11-30-54(50)64-55(58(52)41-43)39-40-63-65(64)57-31-14-17-36-62(57)69-63/h1-41H. The van der Waals surface area contributed by atoms with Crippen molar-refractivity contribution in [1.29, 1.82) is 0 Å². The van der Waals surface area contributed by atoms with Gasteiger partial charge in [-0.25, -0.2) is 0 Å². The molecule has 1 aliphatic rings. The summed E-state index contributed by atoms with van der Waals surface area (Å²) in [7, 11) is 0. The molecule has 0 spiro atoms. The number of thiophene rings is 1. The Hall–Kier alpha value is -8.76. The van der Waals surface area contributed by atoms with Crippen molar-refractivity contribution in [3.63, 3.8) is 0 Å². The minimum Gasteiger partial charge on any atom is -0.454 e. The average Bonchev–Trinajstić information content (AvgIpc) is 3.73. The first kappa shape index (κ1) is 39.4. The highest BCUT2D eigenvalue weighted by molar-refractivity contribution is 7.26. The summed E-state index contributed by atoms with van der Waals surface area (Å²) >= 11 is 1.87. The maximum absolute atomic E-state index is 7.28. The van der Waals surface area contributed by atoms with Gasteiger partial charge in [-0.3, -0.25) is 0 Å². The van der Waals surface area contributed by atoms with Gasteiger partial charge in [0.15, 0.2) is 5.75 Å². The number of rotatable bonds is 4. The highest BCUT2D eigenvalue weighted by Gasteiger charge is 2.28. The molecule has 0 saturated carbocycles. The largest absolute Gasteiger partial charge is 0.454 e. The van der Waals surface area contributed by atoms with Gasteiger partial charge in [-0.15, -0.1) is 11.3 Å². The second kappa shape index (κ2) is 16.0. The van der Waals surface area contributed by atoms with Gasteiger partial charge in [-0.2, -0.15) is 0 Å². The number of hydrogen-bond acceptors (Lipinski definition) is 3. The molecule has 12 aromatic carbocycles. The van der Waals surface area contributed by atoms with Crippen LogP contribution in [0.3, 0.4) is 0 Å². The maximum Gasteiger partial charge on any atom is 0.159 e. The summed E-state index contributed by atoms with van der Waals surface area (Å²) in [6, 6.07) is 91.0. The summed E-state index contributed by atoms with van der Waals surface area (Å²) in [5, 5.41) is 14.6. The van der Waals surface area contributed by atoms with Crippen molar-refractivity contribution in [2.45, 2.75) is 0 Å². The Morgan fingerprint density at radius 3 is 1.51 bits per heavy atom. The van der Waals surface area contributed by atoms with E-state index in [0.29, 0.717) is 0 Å². The molecule has 14 rings (SSSR count). The van der Waals surface area contributed by atoms with Crippen molar-refractivity contribution in [2.75, 3.05) is 4.90 Å². The molecule has 13 aromatic rings. The van der Waals surface area contributed by atoms with Crippen LogP contribution in [0.5, 0.6) is 11.5 Å². The monoisotopic (exact) mass is 895 g/mol. The molecule has 0 radical (unpaired) electrons. The summed E-state index contributed by atoms with van der Waals surface area (Å²) in [6.45, 7) is 0. The van der Waals surface area contributed by atoms with E-state index in [1.807, 2.05) is 11.3 Å². The Kier molecular flexibility index (Phi) is 9.11. The SMILES string of the molecule is c1ccc(-c2ccccc2N(c2ccc3c4ccccc4c4ccccc4c4ccccc4c4c(ccc5sc6ccccc6c54)c3c2)c2cccc3c2Oc2ccccc2-c2ccccc2-3)cc1. The van der Waals surface area contributed by atoms with E-state index in [1.165, 1.54) is 68.6 Å². The molecule has 0 fully saturated rings. The number of anilines is 3. The predicted molar refractivity (Wildman–Crippen MR) is 296 cm³/mol. The Labute approximate surface area is 403 Å². The fraction of sp³-hybridized carbons (Fsp3) is 0. The fourth-order valence-electron chi connectivity index (χ4n) is 11.1. The van der Waals surface area contributed by atoms with Crippen LogP contribution in [0.15, 0.2) is 249 Å². The van der Waals surface area contributed by atoms with Gasteiger partial charge in [-0.1, -0.05) is 206 Å². The molecule has 2 heterocycles. The molecule has 0 unspecified atom stereocenters. The molecular weight excluding hydrogens is 855 g/mol. The van der Waals surface area contributed by atoms with Crippen LogP contribution in [0, 0.1) is 0 Å². The molecule has 0 bridgehead atoms. The minimum atomic E-state index is 0.806. The third-order valence-electron chi connectivity index (χ3n) is 14.1. The average molecular weight is 896 g/mol. The summed E-state index contributed by atoms with van der Waals surface area (Å²) in [5.74, 6) is 1.63. The lowest BCUT2D eigenvalue weighted by atomic mass is 9.92. The molecule has 0 N–H and O–H groups in total. The summed E-state index contributed by atoms with van der Waals surface area (Å²) in [4.78, 5) is 2.43. The molecule has 0 atom stereocenters. The van der Waals surface area contributed by atoms with E-state index in [-0.39, 0.29) is 0 Å². The van der Waals surface area contributed by atoms with E-state index in [1.54, 1.807) is 0 Å². The van der Waals surface area contributed by atoms with Crippen molar-refractivity contribution in [3.05, 3.63) is 249 Å². The van der Waals surface area contributed by atoms with Crippen LogP contribution in [-0.2, 0) is 0 Å². The molecule has 0 amide bonds. The van der Waals surface area contributed by atoms with Gasteiger partial charge < -0.3 is 9.64 Å². The Bertz CT molecular complexity index is 4300. The number of fused-ring (bicyclic) bond motifs is 19. The zero-order valence-corrected chi connectivity index (χ0v) is 38.3. The molecule has 2 nitrogen and oxygen atoms in total. The van der Waals surface area contributed by atoms with Crippen molar-refractivity contribution >= 4 is 102 Å². The second-order valence-electron chi connectivity index (χ2n) is 17.8. The van der Waals surface area contributed by atoms with Crippen LogP contribution in [0.2, 0.25) is 0 Å². The van der Waals surface area contributed by atoms with Gasteiger partial charge in [0.2, 0.25) is 0 Å². The van der Waals surface area contributed by atoms with E-state index in [2.05, 4.69) is 254 Å². The molecular formula is C66H41NOS. The van der Waals surface area contributed by atoms with Crippen LogP contribution < -0.4 is 9.64 Å². The number of benzene rings is 11. The normalized spacial score (nSPS) is 11.9. The first-order valence-corrected chi connectivity index (χ1v) is 24.4. The molecule has 1 aromatic heterocycles. The highest BCUT2D eigenvalue weighted by atomic mass is 32.1. The van der Waals surface area contributed by atoms with Gasteiger partial charge >= 0.3 is 0 Å². The lowest BCUT2D eigenvalue weighted by Crippen LogP contribution is -2.12. The topological polar surface area (TPSA) is 12.5 Å². The first-order chi connectivity index (χ1) is 34.3. The lowest BCUT2D eigenvalue weighted by Gasteiger charge is -2.30. The van der Waals surface area contributed by atoms with E-state index in [4.69, 9.17) is 4.74 Å². The Morgan fingerprint density at radius 1 is 0.290 bits per heavy atom. The van der Waals surface area contributed by atoms with Gasteiger partial charge in [0.05, 0.1) is 11.4 Å². The third kappa shape index (κ3) is 6.25. The Balaban J connectivity index is 1.18. The fourth-order valence-corrected chi connectivity index (χ4v) is 12.2. The van der Waals surface area contributed by atoms with E-state index in [0.717, 1.165) is 67.3 Å². The van der Waals surface area contributed by atoms with Crippen LogP contribution in [0.4, 0.5) is 17.1 Å². The quantitative estimate of drug-likeness (QED) is 0.175. The summed E-state index contributed by atoms with van der Waals surface area (Å²) < 4.78 is 9.84. The zero-order valence-electron chi connectivity index (χ0n) is 37.4. The van der Waals surface area contributed by atoms with E-state index < -0.39 is 0 Å². The summed E-state index contributed by atoms with van der Waals surface area (Å²) in [5.41, 5.74) is 9.67. The molecule has 322 valence electrons. The van der Waals surface area contributed by atoms with Crippen molar-refractivity contribution in [3.8, 4) is 44.9 Å². The van der Waals surface area contributed by atoms with E-state index >= 15 is 0 Å². The highest BCUT2D eigenvalue weighted by Crippen LogP contribution is 2.54. The van der Waals surface area contributed by atoms with Gasteiger partial charge in [0, 0.05) is 42.6 Å². The maximum atomic E-state index is 7.28. The van der Waals surface area contributed by atoms with Crippen molar-refractivity contribution in [2.24, 2.45) is 0 Å². The Morgan fingerprint density at radius 2 is 0.783 bits per heavy atom. The van der Waals surface area contributed by atoms with Crippen molar-refractivity contribution < 1.29 is 4.74 Å². The van der Waals surface area contributed by atoms with Crippen LogP contribution in [-0.4, -0.2) is 0 Å². The smallest absolute Gasteiger partial charge is 0.159 e.